The van der Waals surface area contributed by atoms with Crippen molar-refractivity contribution in [3.63, 3.8) is 0 Å². The number of nitrogens with one attached hydrogen (secondary N) is 1. The lowest BCUT2D eigenvalue weighted by Crippen LogP contribution is -2.46. The zero-order chi connectivity index (χ0) is 14.0. The summed E-state index contributed by atoms with van der Waals surface area (Å²) in [5.41, 5.74) is 1.02. The molecule has 2 N–H and O–H groups in total. The molecule has 19 heavy (non-hydrogen) atoms. The standard InChI is InChI=1S/C14H19ClN2O2/c1-9(2)11-7-10(15)8-12(13(11)18)14(19)17-5-3-16-4-6-17/h7-9,16,18H,3-6H2,1-2H3. The number of carbonyl (C=O) groups excluding carboxylic acids is 1. The molecule has 1 heterocycles. The minimum Gasteiger partial charge on any atom is -0.507 e. The molecule has 1 aromatic carbocycles. The molecule has 0 atom stereocenters. The third-order valence-electron chi connectivity index (χ3n) is 3.36. The maximum absolute atomic E-state index is 12.4. The summed E-state index contributed by atoms with van der Waals surface area (Å²) in [6.07, 6.45) is 0. The second-order valence-corrected chi connectivity index (χ2v) is 5.52. The van der Waals surface area contributed by atoms with Crippen LogP contribution in [0.4, 0.5) is 0 Å². The number of rotatable bonds is 2. The fraction of sp³-hybridized carbons (Fsp3) is 0.500. The Morgan fingerprint density at radius 3 is 2.58 bits per heavy atom. The van der Waals surface area contributed by atoms with Crippen molar-refractivity contribution in [3.05, 3.63) is 28.3 Å². The van der Waals surface area contributed by atoms with E-state index in [1.165, 1.54) is 0 Å². The number of nitrogens with zero attached hydrogens (tertiary/aromatic N) is 1. The van der Waals surface area contributed by atoms with Gasteiger partial charge in [0.25, 0.3) is 5.91 Å². The lowest BCUT2D eigenvalue weighted by atomic mass is 9.98. The van der Waals surface area contributed by atoms with Crippen LogP contribution in [0.2, 0.25) is 5.02 Å². The van der Waals surface area contributed by atoms with Gasteiger partial charge >= 0.3 is 0 Å². The van der Waals surface area contributed by atoms with Crippen molar-refractivity contribution in [2.75, 3.05) is 26.2 Å². The highest BCUT2D eigenvalue weighted by molar-refractivity contribution is 6.31. The van der Waals surface area contributed by atoms with Crippen molar-refractivity contribution >= 4 is 17.5 Å². The van der Waals surface area contributed by atoms with Crippen LogP contribution in [0.25, 0.3) is 0 Å². The van der Waals surface area contributed by atoms with E-state index in [1.807, 2.05) is 13.8 Å². The second-order valence-electron chi connectivity index (χ2n) is 5.09. The van der Waals surface area contributed by atoms with E-state index in [9.17, 15) is 9.90 Å². The van der Waals surface area contributed by atoms with Crippen LogP contribution in [0.3, 0.4) is 0 Å². The largest absolute Gasteiger partial charge is 0.507 e. The van der Waals surface area contributed by atoms with Gasteiger partial charge in [0.2, 0.25) is 0 Å². The van der Waals surface area contributed by atoms with Gasteiger partial charge in [-0.25, -0.2) is 0 Å². The van der Waals surface area contributed by atoms with E-state index in [0.29, 0.717) is 29.2 Å². The molecule has 0 aromatic heterocycles. The van der Waals surface area contributed by atoms with Gasteiger partial charge in [-0.1, -0.05) is 25.4 Å². The van der Waals surface area contributed by atoms with Crippen LogP contribution >= 0.6 is 11.6 Å². The van der Waals surface area contributed by atoms with Gasteiger partial charge in [-0.15, -0.1) is 0 Å². The minimum atomic E-state index is -0.150. The van der Waals surface area contributed by atoms with Crippen molar-refractivity contribution in [1.82, 2.24) is 10.2 Å². The maximum atomic E-state index is 12.4. The molecular weight excluding hydrogens is 264 g/mol. The number of carbonyl (C=O) groups is 1. The van der Waals surface area contributed by atoms with E-state index in [1.54, 1.807) is 17.0 Å². The fourth-order valence-electron chi connectivity index (χ4n) is 2.26. The summed E-state index contributed by atoms with van der Waals surface area (Å²) >= 11 is 6.05. The van der Waals surface area contributed by atoms with Gasteiger partial charge in [0.15, 0.2) is 0 Å². The van der Waals surface area contributed by atoms with Gasteiger partial charge in [-0.2, -0.15) is 0 Å². The molecule has 0 unspecified atom stereocenters. The Kier molecular flexibility index (Phi) is 4.32. The van der Waals surface area contributed by atoms with Gasteiger partial charge in [0, 0.05) is 31.2 Å². The maximum Gasteiger partial charge on any atom is 0.257 e. The van der Waals surface area contributed by atoms with Crippen LogP contribution < -0.4 is 5.32 Å². The zero-order valence-corrected chi connectivity index (χ0v) is 12.0. The van der Waals surface area contributed by atoms with Crippen LogP contribution in [0.15, 0.2) is 12.1 Å². The van der Waals surface area contributed by atoms with Crippen LogP contribution in [-0.4, -0.2) is 42.1 Å². The third-order valence-corrected chi connectivity index (χ3v) is 3.58. The van der Waals surface area contributed by atoms with Gasteiger partial charge < -0.3 is 15.3 Å². The number of piperazine rings is 1. The molecule has 4 nitrogen and oxygen atoms in total. The number of amides is 1. The number of aromatic hydroxyl groups is 1. The number of hydrogen-bond acceptors (Lipinski definition) is 3. The lowest BCUT2D eigenvalue weighted by Gasteiger charge is -2.28. The Labute approximate surface area is 118 Å². The summed E-state index contributed by atoms with van der Waals surface area (Å²) in [6, 6.07) is 3.27. The molecule has 1 saturated heterocycles. The average molecular weight is 283 g/mol. The second kappa shape index (κ2) is 5.80. The number of phenolic OH excluding ortho intramolecular Hbond substituents is 1. The van der Waals surface area contributed by atoms with E-state index in [4.69, 9.17) is 11.6 Å². The number of hydrogen-bond donors (Lipinski definition) is 2. The summed E-state index contributed by atoms with van der Waals surface area (Å²) < 4.78 is 0. The van der Waals surface area contributed by atoms with E-state index in [0.717, 1.165) is 13.1 Å². The summed E-state index contributed by atoms with van der Waals surface area (Å²) in [5.74, 6) is 0.0274. The monoisotopic (exact) mass is 282 g/mol. The van der Waals surface area contributed by atoms with Crippen LogP contribution in [0.1, 0.15) is 35.7 Å². The molecular formula is C14H19ClN2O2. The smallest absolute Gasteiger partial charge is 0.257 e. The molecule has 5 heteroatoms. The Hall–Kier alpha value is -1.26. The topological polar surface area (TPSA) is 52.6 Å². The number of benzene rings is 1. The molecule has 1 aromatic rings. The first-order chi connectivity index (χ1) is 9.00. The first kappa shape index (κ1) is 14.2. The van der Waals surface area contributed by atoms with Crippen molar-refractivity contribution < 1.29 is 9.90 Å². The minimum absolute atomic E-state index is 0.0583. The molecule has 0 spiro atoms. The molecule has 1 fully saturated rings. The highest BCUT2D eigenvalue weighted by atomic mass is 35.5. The first-order valence-electron chi connectivity index (χ1n) is 6.53. The lowest BCUT2D eigenvalue weighted by molar-refractivity contribution is 0.0732. The Bertz CT molecular complexity index is 483. The summed E-state index contributed by atoms with van der Waals surface area (Å²) in [6.45, 7) is 6.80. The predicted octanol–water partition coefficient (Wildman–Crippen LogP) is 2.21. The van der Waals surface area contributed by atoms with Crippen LogP contribution in [-0.2, 0) is 0 Å². The molecule has 0 aliphatic carbocycles. The number of phenols is 1. The van der Waals surface area contributed by atoms with Gasteiger partial charge in [-0.05, 0) is 23.6 Å². The van der Waals surface area contributed by atoms with Crippen molar-refractivity contribution in [2.45, 2.75) is 19.8 Å². The molecule has 0 saturated carbocycles. The Balaban J connectivity index is 2.35. The Morgan fingerprint density at radius 1 is 1.37 bits per heavy atom. The van der Waals surface area contributed by atoms with E-state index >= 15 is 0 Å². The SMILES string of the molecule is CC(C)c1cc(Cl)cc(C(=O)N2CCNCC2)c1O. The van der Waals surface area contributed by atoms with Crippen molar-refractivity contribution in [2.24, 2.45) is 0 Å². The highest BCUT2D eigenvalue weighted by Gasteiger charge is 2.23. The van der Waals surface area contributed by atoms with E-state index in [2.05, 4.69) is 5.32 Å². The molecule has 0 radical (unpaired) electrons. The molecule has 1 amide bonds. The summed E-state index contributed by atoms with van der Waals surface area (Å²) in [4.78, 5) is 14.2. The normalized spacial score (nSPS) is 15.9. The van der Waals surface area contributed by atoms with E-state index in [-0.39, 0.29) is 17.6 Å². The summed E-state index contributed by atoms with van der Waals surface area (Å²) in [5, 5.41) is 13.9. The molecule has 104 valence electrons. The predicted molar refractivity (Wildman–Crippen MR) is 76.0 cm³/mol. The molecule has 1 aliphatic rings. The number of halogens is 1. The van der Waals surface area contributed by atoms with Gasteiger partial charge in [0.1, 0.15) is 5.75 Å². The van der Waals surface area contributed by atoms with Crippen LogP contribution in [0, 0.1) is 0 Å². The summed E-state index contributed by atoms with van der Waals surface area (Å²) in [7, 11) is 0. The Morgan fingerprint density at radius 2 is 2.00 bits per heavy atom. The van der Waals surface area contributed by atoms with Crippen molar-refractivity contribution in [1.29, 1.82) is 0 Å². The van der Waals surface area contributed by atoms with Crippen molar-refractivity contribution in [3.8, 4) is 5.75 Å². The van der Waals surface area contributed by atoms with Gasteiger partial charge in [0.05, 0.1) is 5.56 Å². The van der Waals surface area contributed by atoms with Gasteiger partial charge in [-0.3, -0.25) is 4.79 Å². The zero-order valence-electron chi connectivity index (χ0n) is 11.2. The quantitative estimate of drug-likeness (QED) is 0.874. The molecule has 2 rings (SSSR count). The van der Waals surface area contributed by atoms with E-state index < -0.39 is 0 Å². The molecule has 0 bridgehead atoms. The first-order valence-corrected chi connectivity index (χ1v) is 6.91. The molecule has 1 aliphatic heterocycles. The fourth-order valence-corrected chi connectivity index (χ4v) is 2.49. The third kappa shape index (κ3) is 3.01. The average Bonchev–Trinajstić information content (AvgIpc) is 2.41. The highest BCUT2D eigenvalue weighted by Crippen LogP contribution is 2.33. The van der Waals surface area contributed by atoms with Crippen LogP contribution in [0.5, 0.6) is 5.75 Å².